The Morgan fingerprint density at radius 1 is 1.06 bits per heavy atom. The maximum Gasteiger partial charge on any atom is 0.349 e. The van der Waals surface area contributed by atoms with Gasteiger partial charge in [0.1, 0.15) is 5.82 Å². The summed E-state index contributed by atoms with van der Waals surface area (Å²) in [6, 6.07) is 8.41. The first-order chi connectivity index (χ1) is 16.6. The number of carbonyl (C=O) groups excluding carboxylic acids is 2. The summed E-state index contributed by atoms with van der Waals surface area (Å²) in [6.45, 7) is 7.24. The number of unbranched alkanes of at least 4 members (excludes halogenated alkanes) is 1. The third-order valence-corrected chi connectivity index (χ3v) is 5.92. The Morgan fingerprint density at radius 2 is 1.71 bits per heavy atom. The van der Waals surface area contributed by atoms with Crippen molar-refractivity contribution in [3.05, 3.63) is 52.6 Å². The number of amides is 2. The van der Waals surface area contributed by atoms with Gasteiger partial charge in [-0.25, -0.2) is 4.79 Å². The number of likely N-dealkylation sites (tertiary alicyclic amines) is 1. The normalized spacial score (nSPS) is 15.1. The van der Waals surface area contributed by atoms with E-state index in [-0.39, 0.29) is 18.1 Å². The van der Waals surface area contributed by atoms with Crippen molar-refractivity contribution in [3.63, 3.8) is 0 Å². The number of rotatable bonds is 10. The van der Waals surface area contributed by atoms with Crippen LogP contribution in [0.4, 0.5) is 11.5 Å². The van der Waals surface area contributed by atoms with Crippen LogP contribution in [0.25, 0.3) is 0 Å². The maximum absolute atomic E-state index is 12.5. The van der Waals surface area contributed by atoms with E-state index in [1.807, 2.05) is 0 Å². The number of piperidine rings is 1. The minimum absolute atomic E-state index is 0.181. The number of anilines is 2. The van der Waals surface area contributed by atoms with Crippen molar-refractivity contribution < 1.29 is 9.59 Å². The highest BCUT2D eigenvalue weighted by molar-refractivity contribution is 6.04. The summed E-state index contributed by atoms with van der Waals surface area (Å²) in [5, 5.41) is 5.40. The molecule has 35 heavy (non-hydrogen) atoms. The summed E-state index contributed by atoms with van der Waals surface area (Å²) in [4.78, 5) is 43.3. The Hall–Kier alpha value is -3.08. The molecule has 190 valence electrons. The average Bonchev–Trinajstić information content (AvgIpc) is 2.78. The van der Waals surface area contributed by atoms with Gasteiger partial charge in [-0.2, -0.15) is 4.98 Å². The molecule has 1 aliphatic rings. The fourth-order valence-corrected chi connectivity index (χ4v) is 3.98. The van der Waals surface area contributed by atoms with Gasteiger partial charge in [-0.1, -0.05) is 0 Å². The standard InChI is InChI=1S/C25H37N7O3/c1-25(2,27)17-22(33)28-20-7-5-18(6-8-20)23(34)29-21-11-16-32(24(35)30-21)13-4-3-12-31-14-9-19(26)10-15-31/h5-8,11,16,19H,3-4,9-10,12-15,17,26-27H2,1-2H3,(H,28,33)(H,29,30,34,35). The molecule has 0 aliphatic carbocycles. The lowest BCUT2D eigenvalue weighted by Gasteiger charge is -2.29. The molecular formula is C25H37N7O3. The minimum Gasteiger partial charge on any atom is -0.328 e. The Labute approximate surface area is 206 Å². The van der Waals surface area contributed by atoms with Gasteiger partial charge in [0.2, 0.25) is 5.91 Å². The number of aromatic nitrogens is 2. The van der Waals surface area contributed by atoms with Crippen LogP contribution in [-0.4, -0.2) is 57.5 Å². The number of aryl methyl sites for hydroxylation is 1. The summed E-state index contributed by atoms with van der Waals surface area (Å²) in [5.74, 6) is -0.393. The van der Waals surface area contributed by atoms with Crippen LogP contribution in [0.15, 0.2) is 41.3 Å². The molecule has 1 saturated heterocycles. The van der Waals surface area contributed by atoms with Gasteiger partial charge in [-0.05, 0) is 89.5 Å². The average molecular weight is 484 g/mol. The van der Waals surface area contributed by atoms with Crippen LogP contribution >= 0.6 is 0 Å². The number of nitrogens with zero attached hydrogens (tertiary/aromatic N) is 3. The topological polar surface area (TPSA) is 148 Å². The largest absolute Gasteiger partial charge is 0.349 e. The Bertz CT molecular complexity index is 1050. The van der Waals surface area contributed by atoms with Crippen LogP contribution < -0.4 is 27.8 Å². The Kier molecular flexibility index (Phi) is 9.13. The van der Waals surface area contributed by atoms with Crippen LogP contribution in [0.1, 0.15) is 56.3 Å². The van der Waals surface area contributed by atoms with Gasteiger partial charge in [-0.15, -0.1) is 0 Å². The van der Waals surface area contributed by atoms with Crippen molar-refractivity contribution >= 4 is 23.3 Å². The molecule has 2 aromatic rings. The zero-order valence-corrected chi connectivity index (χ0v) is 20.6. The van der Waals surface area contributed by atoms with E-state index in [9.17, 15) is 14.4 Å². The molecule has 0 atom stereocenters. The molecule has 1 fully saturated rings. The molecule has 1 aliphatic heterocycles. The molecule has 0 saturated carbocycles. The predicted octanol–water partition coefficient (Wildman–Crippen LogP) is 1.76. The molecule has 1 aromatic heterocycles. The highest BCUT2D eigenvalue weighted by Crippen LogP contribution is 2.13. The van der Waals surface area contributed by atoms with E-state index < -0.39 is 17.1 Å². The molecule has 0 spiro atoms. The predicted molar refractivity (Wildman–Crippen MR) is 137 cm³/mol. The zero-order chi connectivity index (χ0) is 25.4. The fraction of sp³-hybridized carbons (Fsp3) is 0.520. The van der Waals surface area contributed by atoms with Crippen LogP contribution in [0, 0.1) is 0 Å². The number of nitrogens with two attached hydrogens (primary N) is 2. The second kappa shape index (κ2) is 12.1. The van der Waals surface area contributed by atoms with E-state index in [0.29, 0.717) is 23.8 Å². The summed E-state index contributed by atoms with van der Waals surface area (Å²) in [5.41, 5.74) is 11.8. The SMILES string of the molecule is CC(C)(N)CC(=O)Nc1ccc(C(=O)Nc2ccn(CCCCN3CCC(N)CC3)c(=O)n2)cc1. The number of hydrogen-bond acceptors (Lipinski definition) is 7. The summed E-state index contributed by atoms with van der Waals surface area (Å²) in [7, 11) is 0. The minimum atomic E-state index is -0.604. The Balaban J connectivity index is 1.46. The van der Waals surface area contributed by atoms with Crippen LogP contribution in [0.3, 0.4) is 0 Å². The van der Waals surface area contributed by atoms with Gasteiger partial charge in [0, 0.05) is 42.0 Å². The highest BCUT2D eigenvalue weighted by Gasteiger charge is 2.17. The van der Waals surface area contributed by atoms with Gasteiger partial charge in [0.25, 0.3) is 5.91 Å². The van der Waals surface area contributed by atoms with Crippen LogP contribution in [0.2, 0.25) is 0 Å². The molecule has 2 amide bonds. The molecule has 0 unspecified atom stereocenters. The van der Waals surface area contributed by atoms with Crippen molar-refractivity contribution in [1.82, 2.24) is 14.5 Å². The lowest BCUT2D eigenvalue weighted by Crippen LogP contribution is -2.40. The second-order valence-corrected chi connectivity index (χ2v) is 9.92. The first-order valence-electron chi connectivity index (χ1n) is 12.1. The van der Waals surface area contributed by atoms with Gasteiger partial charge in [-0.3, -0.25) is 14.2 Å². The van der Waals surface area contributed by atoms with E-state index in [0.717, 1.165) is 45.3 Å². The molecule has 10 heteroatoms. The van der Waals surface area contributed by atoms with E-state index in [1.54, 1.807) is 54.9 Å². The number of benzene rings is 1. The number of carbonyl (C=O) groups is 2. The first-order valence-corrected chi connectivity index (χ1v) is 12.1. The quantitative estimate of drug-likeness (QED) is 0.376. The van der Waals surface area contributed by atoms with Gasteiger partial charge >= 0.3 is 5.69 Å². The fourth-order valence-electron chi connectivity index (χ4n) is 3.98. The zero-order valence-electron chi connectivity index (χ0n) is 20.6. The van der Waals surface area contributed by atoms with E-state index >= 15 is 0 Å². The van der Waals surface area contributed by atoms with Gasteiger partial charge in [0.15, 0.2) is 0 Å². The first kappa shape index (κ1) is 26.5. The van der Waals surface area contributed by atoms with E-state index in [2.05, 4.69) is 20.5 Å². The monoisotopic (exact) mass is 483 g/mol. The van der Waals surface area contributed by atoms with Gasteiger partial charge in [0.05, 0.1) is 0 Å². The molecule has 1 aromatic carbocycles. The molecule has 0 bridgehead atoms. The second-order valence-electron chi connectivity index (χ2n) is 9.92. The molecule has 3 rings (SSSR count). The number of hydrogen-bond donors (Lipinski definition) is 4. The van der Waals surface area contributed by atoms with Crippen LogP contribution in [-0.2, 0) is 11.3 Å². The third-order valence-electron chi connectivity index (χ3n) is 5.92. The van der Waals surface area contributed by atoms with Crippen LogP contribution in [0.5, 0.6) is 0 Å². The van der Waals surface area contributed by atoms with Gasteiger partial charge < -0.3 is 27.0 Å². The summed E-state index contributed by atoms with van der Waals surface area (Å²) >= 11 is 0. The van der Waals surface area contributed by atoms with Crippen molar-refractivity contribution in [2.24, 2.45) is 11.5 Å². The summed E-state index contributed by atoms with van der Waals surface area (Å²) < 4.78 is 1.56. The highest BCUT2D eigenvalue weighted by atomic mass is 16.2. The van der Waals surface area contributed by atoms with Crippen molar-refractivity contribution in [2.45, 2.75) is 64.1 Å². The van der Waals surface area contributed by atoms with E-state index in [1.165, 1.54) is 0 Å². The molecular weight excluding hydrogens is 446 g/mol. The molecule has 6 N–H and O–H groups in total. The van der Waals surface area contributed by atoms with Crippen molar-refractivity contribution in [2.75, 3.05) is 30.3 Å². The number of nitrogens with one attached hydrogen (secondary N) is 2. The maximum atomic E-state index is 12.5. The molecule has 10 nitrogen and oxygen atoms in total. The van der Waals surface area contributed by atoms with E-state index in [4.69, 9.17) is 11.5 Å². The lowest BCUT2D eigenvalue weighted by molar-refractivity contribution is -0.117. The van der Waals surface area contributed by atoms with Crippen molar-refractivity contribution in [1.29, 1.82) is 0 Å². The molecule has 2 heterocycles. The molecule has 0 radical (unpaired) electrons. The Morgan fingerprint density at radius 3 is 2.34 bits per heavy atom. The third kappa shape index (κ3) is 8.89. The van der Waals surface area contributed by atoms with Crippen molar-refractivity contribution in [3.8, 4) is 0 Å². The summed E-state index contributed by atoms with van der Waals surface area (Å²) in [6.07, 6.45) is 5.81. The smallest absolute Gasteiger partial charge is 0.328 e. The lowest BCUT2D eigenvalue weighted by atomic mass is 10.0.